The van der Waals surface area contributed by atoms with Crippen LogP contribution in [0.5, 0.6) is 0 Å². The molecule has 0 aromatic rings. The second-order valence-electron chi connectivity index (χ2n) is 1.94. The second kappa shape index (κ2) is 7.05. The summed E-state index contributed by atoms with van der Waals surface area (Å²) in [5.41, 5.74) is 0. The predicted octanol–water partition coefficient (Wildman–Crippen LogP) is 0.503. The normalized spacial score (nSPS) is 8.82. The van der Waals surface area contributed by atoms with E-state index in [4.69, 9.17) is 4.74 Å². The smallest absolute Gasteiger partial charge is 0.309 e. The molecule has 64 valence electrons. The molecule has 0 radical (unpaired) electrons. The molecule has 0 N–H and O–H groups in total. The molecular formula is C7H12O4. The molecule has 0 aliphatic rings. The van der Waals surface area contributed by atoms with Crippen molar-refractivity contribution in [3.8, 4) is 0 Å². The van der Waals surface area contributed by atoms with Crippen LogP contribution in [0.3, 0.4) is 0 Å². The monoisotopic (exact) mass is 160 g/mol. The van der Waals surface area contributed by atoms with Gasteiger partial charge in [0.2, 0.25) is 0 Å². The van der Waals surface area contributed by atoms with Crippen LogP contribution in [-0.4, -0.2) is 25.7 Å². The summed E-state index contributed by atoms with van der Waals surface area (Å²) >= 11 is 0. The summed E-state index contributed by atoms with van der Waals surface area (Å²) < 4.78 is 9.01. The Kier molecular flexibility index (Phi) is 6.37. The predicted molar refractivity (Wildman–Crippen MR) is 37.9 cm³/mol. The van der Waals surface area contributed by atoms with Crippen molar-refractivity contribution in [1.82, 2.24) is 0 Å². The molecule has 0 spiro atoms. The van der Waals surface area contributed by atoms with Gasteiger partial charge in [-0.25, -0.2) is 0 Å². The van der Waals surface area contributed by atoms with Crippen LogP contribution in [0.15, 0.2) is 0 Å². The molecule has 0 atom stereocenters. The van der Waals surface area contributed by atoms with Crippen LogP contribution in [0, 0.1) is 0 Å². The van der Waals surface area contributed by atoms with Gasteiger partial charge < -0.3 is 9.47 Å². The summed E-state index contributed by atoms with van der Waals surface area (Å²) in [6.45, 7) is 2.76. The molecule has 0 heterocycles. The van der Waals surface area contributed by atoms with E-state index in [0.29, 0.717) is 13.1 Å². The first-order valence-electron chi connectivity index (χ1n) is 3.52. The molecule has 0 bridgehead atoms. The first-order valence-corrected chi connectivity index (χ1v) is 3.52. The molecule has 0 amide bonds. The van der Waals surface area contributed by atoms with E-state index in [-0.39, 0.29) is 19.0 Å². The zero-order chi connectivity index (χ0) is 8.53. The Morgan fingerprint density at radius 3 is 2.73 bits per heavy atom. The van der Waals surface area contributed by atoms with Gasteiger partial charge in [0.1, 0.15) is 6.61 Å². The SMILES string of the molecule is CCCOC(=O)CCOC=O. The fourth-order valence-electron chi connectivity index (χ4n) is 0.478. The van der Waals surface area contributed by atoms with E-state index in [1.807, 2.05) is 6.92 Å². The van der Waals surface area contributed by atoms with Crippen molar-refractivity contribution >= 4 is 12.4 Å². The van der Waals surface area contributed by atoms with E-state index < -0.39 is 0 Å². The summed E-state index contributed by atoms with van der Waals surface area (Å²) in [6, 6.07) is 0. The van der Waals surface area contributed by atoms with E-state index in [9.17, 15) is 9.59 Å². The molecule has 0 unspecified atom stereocenters. The summed E-state index contributed by atoms with van der Waals surface area (Å²) in [5.74, 6) is -0.325. The van der Waals surface area contributed by atoms with Crippen LogP contribution in [0.2, 0.25) is 0 Å². The van der Waals surface area contributed by atoms with Crippen LogP contribution in [0.25, 0.3) is 0 Å². The minimum absolute atomic E-state index is 0.103. The lowest BCUT2D eigenvalue weighted by Crippen LogP contribution is -2.08. The highest BCUT2D eigenvalue weighted by Gasteiger charge is 2.00. The largest absolute Gasteiger partial charge is 0.467 e. The van der Waals surface area contributed by atoms with Crippen molar-refractivity contribution in [1.29, 1.82) is 0 Å². The van der Waals surface area contributed by atoms with Crippen molar-refractivity contribution in [2.75, 3.05) is 13.2 Å². The van der Waals surface area contributed by atoms with Gasteiger partial charge >= 0.3 is 5.97 Å². The van der Waals surface area contributed by atoms with E-state index in [2.05, 4.69) is 4.74 Å². The summed E-state index contributed by atoms with van der Waals surface area (Å²) in [4.78, 5) is 20.3. The van der Waals surface area contributed by atoms with E-state index in [0.717, 1.165) is 6.42 Å². The van der Waals surface area contributed by atoms with Gasteiger partial charge in [-0.15, -0.1) is 0 Å². The maximum atomic E-state index is 10.7. The average molecular weight is 160 g/mol. The highest BCUT2D eigenvalue weighted by Crippen LogP contribution is 1.88. The second-order valence-corrected chi connectivity index (χ2v) is 1.94. The molecule has 0 aromatic heterocycles. The number of rotatable bonds is 6. The van der Waals surface area contributed by atoms with Crippen molar-refractivity contribution < 1.29 is 19.1 Å². The maximum Gasteiger partial charge on any atom is 0.309 e. The van der Waals surface area contributed by atoms with Crippen LogP contribution in [-0.2, 0) is 19.1 Å². The summed E-state index contributed by atoms with van der Waals surface area (Å²) in [7, 11) is 0. The number of hydrogen-bond donors (Lipinski definition) is 0. The van der Waals surface area contributed by atoms with Gasteiger partial charge in [0.05, 0.1) is 13.0 Å². The van der Waals surface area contributed by atoms with Crippen molar-refractivity contribution in [2.45, 2.75) is 19.8 Å². The molecule has 4 nitrogen and oxygen atoms in total. The lowest BCUT2D eigenvalue weighted by molar-refractivity contribution is -0.145. The Balaban J connectivity index is 3.15. The minimum Gasteiger partial charge on any atom is -0.467 e. The van der Waals surface area contributed by atoms with Gasteiger partial charge in [0.15, 0.2) is 0 Å². The molecule has 0 saturated heterocycles. The molecule has 0 aromatic carbocycles. The lowest BCUT2D eigenvalue weighted by atomic mass is 10.4. The average Bonchev–Trinajstić information content (AvgIpc) is 2.01. The van der Waals surface area contributed by atoms with Gasteiger partial charge in [-0.3, -0.25) is 9.59 Å². The summed E-state index contributed by atoms with van der Waals surface area (Å²) in [6.07, 6.45) is 0.943. The Morgan fingerprint density at radius 2 is 2.18 bits per heavy atom. The number of hydrogen-bond acceptors (Lipinski definition) is 4. The van der Waals surface area contributed by atoms with Gasteiger partial charge in [0.25, 0.3) is 6.47 Å². The number of carbonyl (C=O) groups is 2. The first kappa shape index (κ1) is 9.94. The van der Waals surface area contributed by atoms with Crippen LogP contribution >= 0.6 is 0 Å². The Bertz CT molecular complexity index is 122. The quantitative estimate of drug-likeness (QED) is 0.322. The van der Waals surface area contributed by atoms with Crippen molar-refractivity contribution in [3.05, 3.63) is 0 Å². The fraction of sp³-hybridized carbons (Fsp3) is 0.714. The fourth-order valence-corrected chi connectivity index (χ4v) is 0.478. The third-order valence-electron chi connectivity index (χ3n) is 0.959. The zero-order valence-electron chi connectivity index (χ0n) is 6.54. The van der Waals surface area contributed by atoms with Gasteiger partial charge in [-0.05, 0) is 6.42 Å². The highest BCUT2D eigenvalue weighted by molar-refractivity contribution is 5.69. The molecule has 0 aliphatic carbocycles. The zero-order valence-corrected chi connectivity index (χ0v) is 6.54. The number of carbonyl (C=O) groups excluding carboxylic acids is 2. The van der Waals surface area contributed by atoms with Crippen molar-refractivity contribution in [2.24, 2.45) is 0 Å². The molecule has 0 fully saturated rings. The third-order valence-corrected chi connectivity index (χ3v) is 0.959. The van der Waals surface area contributed by atoms with Gasteiger partial charge in [-0.1, -0.05) is 6.92 Å². The van der Waals surface area contributed by atoms with Crippen LogP contribution < -0.4 is 0 Å². The highest BCUT2D eigenvalue weighted by atomic mass is 16.5. The molecule has 0 rings (SSSR count). The van der Waals surface area contributed by atoms with Crippen molar-refractivity contribution in [3.63, 3.8) is 0 Å². The number of ether oxygens (including phenoxy) is 2. The summed E-state index contributed by atoms with van der Waals surface area (Å²) in [5, 5.41) is 0. The molecule has 11 heavy (non-hydrogen) atoms. The van der Waals surface area contributed by atoms with Gasteiger partial charge in [0, 0.05) is 0 Å². The lowest BCUT2D eigenvalue weighted by Gasteiger charge is -2.00. The van der Waals surface area contributed by atoms with E-state index >= 15 is 0 Å². The van der Waals surface area contributed by atoms with Gasteiger partial charge in [-0.2, -0.15) is 0 Å². The standard InChI is InChI=1S/C7H12O4/c1-2-4-11-7(9)3-5-10-6-8/h6H,2-5H2,1H3. The number of esters is 1. The maximum absolute atomic E-state index is 10.7. The topological polar surface area (TPSA) is 52.6 Å². The Morgan fingerprint density at radius 1 is 1.45 bits per heavy atom. The molecular weight excluding hydrogens is 148 g/mol. The molecule has 0 aliphatic heterocycles. The van der Waals surface area contributed by atoms with Crippen LogP contribution in [0.4, 0.5) is 0 Å². The van der Waals surface area contributed by atoms with Crippen LogP contribution in [0.1, 0.15) is 19.8 Å². The molecule has 4 heteroatoms. The van der Waals surface area contributed by atoms with E-state index in [1.165, 1.54) is 0 Å². The Hall–Kier alpha value is -1.06. The molecule has 0 saturated carbocycles. The Labute approximate surface area is 65.5 Å². The van der Waals surface area contributed by atoms with E-state index in [1.54, 1.807) is 0 Å². The minimum atomic E-state index is -0.325. The first-order chi connectivity index (χ1) is 5.31. The third kappa shape index (κ3) is 6.83.